The third-order valence-corrected chi connectivity index (χ3v) is 7.58. The molecule has 2 N–H and O–H groups in total. The molecule has 2 aliphatic rings. The molecule has 1 saturated carbocycles. The lowest BCUT2D eigenvalue weighted by Crippen LogP contribution is -2.38. The molecule has 0 radical (unpaired) electrons. The Balaban J connectivity index is 1.61. The number of nitrogens with one attached hydrogen (secondary N) is 1. The Morgan fingerprint density at radius 3 is 2.59 bits per heavy atom. The summed E-state index contributed by atoms with van der Waals surface area (Å²) in [6.45, 7) is 6.03. The largest absolute Gasteiger partial charge is 0.392 e. The summed E-state index contributed by atoms with van der Waals surface area (Å²) in [5.41, 5.74) is 1.79. The van der Waals surface area contributed by atoms with Gasteiger partial charge in [-0.15, -0.1) is 5.10 Å². The zero-order valence-electron chi connectivity index (χ0n) is 19.3. The van der Waals surface area contributed by atoms with Gasteiger partial charge in [0, 0.05) is 6.54 Å². The van der Waals surface area contributed by atoms with E-state index >= 15 is 0 Å². The number of aliphatic hydroxyl groups excluding tert-OH is 1. The molecule has 3 aromatic rings. The van der Waals surface area contributed by atoms with E-state index in [0.29, 0.717) is 0 Å². The molecule has 0 unspecified atom stereocenters. The van der Waals surface area contributed by atoms with Crippen LogP contribution in [0.2, 0.25) is 0 Å². The predicted octanol–water partition coefficient (Wildman–Crippen LogP) is 4.13. The Morgan fingerprint density at radius 2 is 1.88 bits per heavy atom. The highest BCUT2D eigenvalue weighted by Crippen LogP contribution is 2.69. The van der Waals surface area contributed by atoms with Gasteiger partial charge in [0.25, 0.3) is 5.91 Å². The maximum absolute atomic E-state index is 14.4. The van der Waals surface area contributed by atoms with Crippen LogP contribution in [0.1, 0.15) is 67.0 Å². The zero-order valence-corrected chi connectivity index (χ0v) is 19.3. The van der Waals surface area contributed by atoms with Crippen molar-refractivity contribution >= 4 is 5.91 Å². The number of aromatic nitrogens is 3. The molecule has 2 aliphatic carbocycles. The van der Waals surface area contributed by atoms with Gasteiger partial charge >= 0.3 is 0 Å². The van der Waals surface area contributed by atoms with E-state index < -0.39 is 23.2 Å². The van der Waals surface area contributed by atoms with Crippen molar-refractivity contribution in [3.8, 4) is 11.3 Å². The van der Waals surface area contributed by atoms with Gasteiger partial charge in [0.1, 0.15) is 17.3 Å². The van der Waals surface area contributed by atoms with E-state index in [1.807, 2.05) is 6.07 Å². The number of carbonyl (C=O) groups is 1. The summed E-state index contributed by atoms with van der Waals surface area (Å²) in [5.74, 6) is -1.60. The number of carbonyl (C=O) groups excluding carboxylic acids is 1. The van der Waals surface area contributed by atoms with Crippen LogP contribution in [0.15, 0.2) is 42.5 Å². The van der Waals surface area contributed by atoms with Crippen molar-refractivity contribution in [2.45, 2.75) is 51.0 Å². The number of rotatable bonds is 5. The summed E-state index contributed by atoms with van der Waals surface area (Å²) in [7, 11) is 0. The second-order valence-corrected chi connectivity index (χ2v) is 9.82. The first-order valence-corrected chi connectivity index (χ1v) is 11.4. The molecule has 6 nitrogen and oxygen atoms in total. The Kier molecular flexibility index (Phi) is 5.24. The Hall–Kier alpha value is -3.26. The number of hydrogen-bond acceptors (Lipinski definition) is 5. The van der Waals surface area contributed by atoms with E-state index in [1.165, 1.54) is 18.2 Å². The minimum Gasteiger partial charge on any atom is -0.392 e. The number of amides is 1. The van der Waals surface area contributed by atoms with Crippen LogP contribution in [0.3, 0.4) is 0 Å². The molecule has 1 fully saturated rings. The van der Waals surface area contributed by atoms with E-state index in [2.05, 4.69) is 29.4 Å². The van der Waals surface area contributed by atoms with Gasteiger partial charge in [-0.2, -0.15) is 5.10 Å². The molecule has 8 heteroatoms. The van der Waals surface area contributed by atoms with Crippen molar-refractivity contribution in [2.75, 3.05) is 6.54 Å². The van der Waals surface area contributed by atoms with Crippen LogP contribution in [0.25, 0.3) is 11.3 Å². The standard InChI is InChI=1S/C26H26F2N4O2/c1-14(33)13-29-24(34)19-8-5-9-21(30-19)26-11-10-16(25(26,2)3)15-12-20(31-32-23(15)26)22-17(27)6-4-7-18(22)28/h4-9,12,14,16,33H,10-11,13H2,1-3H3,(H,29,34)/t14-,16+,26-/m1/s1. The molecule has 2 aromatic heterocycles. The van der Waals surface area contributed by atoms with E-state index in [0.717, 1.165) is 29.8 Å². The molecular weight excluding hydrogens is 438 g/mol. The van der Waals surface area contributed by atoms with E-state index in [4.69, 9.17) is 4.98 Å². The van der Waals surface area contributed by atoms with Gasteiger partial charge in [-0.1, -0.05) is 26.0 Å². The topological polar surface area (TPSA) is 88.0 Å². The van der Waals surface area contributed by atoms with Crippen LogP contribution >= 0.6 is 0 Å². The van der Waals surface area contributed by atoms with E-state index in [9.17, 15) is 18.7 Å². The maximum atomic E-state index is 14.4. The molecule has 176 valence electrons. The van der Waals surface area contributed by atoms with Gasteiger partial charge < -0.3 is 10.4 Å². The summed E-state index contributed by atoms with van der Waals surface area (Å²) < 4.78 is 28.9. The molecule has 34 heavy (non-hydrogen) atoms. The first-order chi connectivity index (χ1) is 16.2. The summed E-state index contributed by atoms with van der Waals surface area (Å²) >= 11 is 0. The predicted molar refractivity (Wildman–Crippen MR) is 122 cm³/mol. The van der Waals surface area contributed by atoms with Crippen molar-refractivity contribution in [3.05, 3.63) is 76.7 Å². The number of fused-ring (bicyclic) bond motifs is 5. The van der Waals surface area contributed by atoms with Gasteiger partial charge in [-0.3, -0.25) is 4.79 Å². The normalized spacial score (nSPS) is 22.9. The lowest BCUT2D eigenvalue weighted by molar-refractivity contribution is 0.0918. The summed E-state index contributed by atoms with van der Waals surface area (Å²) in [5, 5.41) is 20.9. The number of pyridine rings is 1. The second kappa shape index (κ2) is 7.91. The van der Waals surface area contributed by atoms with Crippen LogP contribution in [0.5, 0.6) is 0 Å². The van der Waals surface area contributed by atoms with E-state index in [-0.39, 0.29) is 40.7 Å². The molecule has 0 spiro atoms. The minimum absolute atomic E-state index is 0.112. The first kappa shape index (κ1) is 22.5. The van der Waals surface area contributed by atoms with Gasteiger partial charge in [0.2, 0.25) is 0 Å². The van der Waals surface area contributed by atoms with Crippen molar-refractivity contribution in [2.24, 2.45) is 5.41 Å². The molecule has 3 atom stereocenters. The van der Waals surface area contributed by atoms with Crippen molar-refractivity contribution in [1.29, 1.82) is 0 Å². The third kappa shape index (κ3) is 3.15. The fourth-order valence-corrected chi connectivity index (χ4v) is 5.89. The average Bonchev–Trinajstić information content (AvgIpc) is 3.18. The number of benzene rings is 1. The third-order valence-electron chi connectivity index (χ3n) is 7.58. The maximum Gasteiger partial charge on any atom is 0.269 e. The fraction of sp³-hybridized carbons (Fsp3) is 0.385. The number of halogens is 2. The first-order valence-electron chi connectivity index (χ1n) is 11.4. The van der Waals surface area contributed by atoms with Crippen LogP contribution in [-0.2, 0) is 5.41 Å². The Labute approximate surface area is 196 Å². The van der Waals surface area contributed by atoms with Crippen LogP contribution < -0.4 is 5.32 Å². The molecule has 0 saturated heterocycles. The Bertz CT molecular complexity index is 1270. The number of nitrogens with zero attached hydrogens (tertiary/aromatic N) is 3. The number of aliphatic hydroxyl groups is 1. The van der Waals surface area contributed by atoms with Crippen LogP contribution in [-0.4, -0.2) is 38.8 Å². The smallest absolute Gasteiger partial charge is 0.269 e. The zero-order chi connectivity index (χ0) is 24.3. The second-order valence-electron chi connectivity index (χ2n) is 9.82. The summed E-state index contributed by atoms with van der Waals surface area (Å²) in [4.78, 5) is 17.3. The van der Waals surface area contributed by atoms with Gasteiger partial charge in [0.15, 0.2) is 0 Å². The van der Waals surface area contributed by atoms with Gasteiger partial charge in [-0.05, 0) is 67.0 Å². The SMILES string of the molecule is C[C@@H](O)CNC(=O)c1cccc([C@]23CC[C@@H](c4cc(-c5c(F)cccc5F)nnc42)C3(C)C)n1. The fourth-order valence-electron chi connectivity index (χ4n) is 5.89. The molecule has 2 bridgehead atoms. The molecule has 1 amide bonds. The lowest BCUT2D eigenvalue weighted by Gasteiger charge is -2.37. The minimum atomic E-state index is -0.677. The monoisotopic (exact) mass is 464 g/mol. The van der Waals surface area contributed by atoms with Crippen LogP contribution in [0.4, 0.5) is 8.78 Å². The molecule has 2 heterocycles. The Morgan fingerprint density at radius 1 is 1.18 bits per heavy atom. The van der Waals surface area contributed by atoms with Crippen molar-refractivity contribution < 1.29 is 18.7 Å². The lowest BCUT2D eigenvalue weighted by atomic mass is 9.66. The molecule has 0 aliphatic heterocycles. The molecular formula is C26H26F2N4O2. The van der Waals surface area contributed by atoms with Crippen molar-refractivity contribution in [1.82, 2.24) is 20.5 Å². The molecule has 1 aromatic carbocycles. The van der Waals surface area contributed by atoms with Gasteiger partial charge in [0.05, 0.1) is 34.2 Å². The van der Waals surface area contributed by atoms with E-state index in [1.54, 1.807) is 25.1 Å². The number of hydrogen-bond donors (Lipinski definition) is 2. The van der Waals surface area contributed by atoms with Crippen LogP contribution in [0, 0.1) is 17.0 Å². The quantitative estimate of drug-likeness (QED) is 0.593. The highest BCUT2D eigenvalue weighted by molar-refractivity contribution is 5.92. The summed E-state index contributed by atoms with van der Waals surface area (Å²) in [6.07, 6.45) is 0.988. The van der Waals surface area contributed by atoms with Crippen molar-refractivity contribution in [3.63, 3.8) is 0 Å². The highest BCUT2D eigenvalue weighted by Gasteiger charge is 2.65. The van der Waals surface area contributed by atoms with Gasteiger partial charge in [-0.25, -0.2) is 13.8 Å². The molecule has 5 rings (SSSR count). The highest BCUT2D eigenvalue weighted by atomic mass is 19.1. The summed E-state index contributed by atoms with van der Waals surface area (Å²) in [6, 6.07) is 10.8. The average molecular weight is 465 g/mol.